The van der Waals surface area contributed by atoms with E-state index in [1.165, 1.54) is 0 Å². The van der Waals surface area contributed by atoms with Gasteiger partial charge in [-0.15, -0.1) is 0 Å². The van der Waals surface area contributed by atoms with Crippen LogP contribution in [0.25, 0.3) is 0 Å². The molecule has 6 heteroatoms. The van der Waals surface area contributed by atoms with Crippen LogP contribution in [0.5, 0.6) is 5.88 Å². The summed E-state index contributed by atoms with van der Waals surface area (Å²) in [5.41, 5.74) is 0. The van der Waals surface area contributed by atoms with E-state index >= 15 is 0 Å². The predicted molar refractivity (Wildman–Crippen MR) is 63.9 cm³/mol. The Hall–Kier alpha value is -0.880. The molecule has 1 fully saturated rings. The Morgan fingerprint density at radius 2 is 2.31 bits per heavy atom. The van der Waals surface area contributed by atoms with Crippen LogP contribution in [0.4, 0.5) is 5.95 Å². The van der Waals surface area contributed by atoms with Gasteiger partial charge in [0.05, 0.1) is 23.9 Å². The summed E-state index contributed by atoms with van der Waals surface area (Å²) in [5.74, 6) is 1.26. The molecule has 0 N–H and O–H groups in total. The maximum absolute atomic E-state index is 5.31. The molecule has 1 saturated heterocycles. The molecule has 2 rings (SSSR count). The van der Waals surface area contributed by atoms with Gasteiger partial charge in [0.25, 0.3) is 0 Å². The summed E-state index contributed by atoms with van der Waals surface area (Å²) in [7, 11) is 3.33. The van der Waals surface area contributed by atoms with Gasteiger partial charge in [0.2, 0.25) is 11.8 Å². The zero-order valence-corrected chi connectivity index (χ0v) is 10.9. The smallest absolute Gasteiger partial charge is 0.232 e. The van der Waals surface area contributed by atoms with Crippen LogP contribution in [0.3, 0.4) is 0 Å². The Labute approximate surface area is 103 Å². The summed E-state index contributed by atoms with van der Waals surface area (Å²) in [5, 5.41) is 0. The number of hydrogen-bond donors (Lipinski definition) is 0. The van der Waals surface area contributed by atoms with Crippen LogP contribution in [-0.4, -0.2) is 43.4 Å². The normalized spacial score (nSPS) is 20.2. The molecule has 1 aliphatic heterocycles. The minimum absolute atomic E-state index is 0.276. The van der Waals surface area contributed by atoms with Gasteiger partial charge < -0.3 is 14.4 Å². The number of halogens is 1. The molecule has 0 saturated carbocycles. The van der Waals surface area contributed by atoms with E-state index in [0.717, 1.165) is 24.0 Å². The Bertz CT molecular complexity index is 375. The third kappa shape index (κ3) is 2.27. The Morgan fingerprint density at radius 1 is 1.50 bits per heavy atom. The van der Waals surface area contributed by atoms with Gasteiger partial charge in [-0.3, -0.25) is 0 Å². The van der Waals surface area contributed by atoms with Crippen molar-refractivity contribution in [3.8, 4) is 5.88 Å². The predicted octanol–water partition coefficient (Wildman–Crippen LogP) is 1.47. The molecular formula is C10H14BrN3O2. The molecule has 0 bridgehead atoms. The van der Waals surface area contributed by atoms with Gasteiger partial charge in [-0.05, 0) is 22.4 Å². The Kier molecular flexibility index (Phi) is 3.60. The average Bonchev–Trinajstić information content (AvgIpc) is 2.78. The van der Waals surface area contributed by atoms with Gasteiger partial charge in [0.15, 0.2) is 0 Å². The number of aromatic nitrogens is 2. The van der Waals surface area contributed by atoms with Crippen molar-refractivity contribution in [2.45, 2.75) is 12.5 Å². The third-order valence-electron chi connectivity index (χ3n) is 2.65. The van der Waals surface area contributed by atoms with Crippen molar-refractivity contribution >= 4 is 21.9 Å². The topological polar surface area (TPSA) is 47.5 Å². The highest BCUT2D eigenvalue weighted by Gasteiger charge is 2.24. The lowest BCUT2D eigenvalue weighted by atomic mass is 10.3. The summed E-state index contributed by atoms with van der Waals surface area (Å²) < 4.78 is 11.2. The monoisotopic (exact) mass is 287 g/mol. The molecule has 1 atom stereocenters. The van der Waals surface area contributed by atoms with Crippen molar-refractivity contribution in [2.75, 3.05) is 32.2 Å². The molecule has 0 aliphatic carbocycles. The van der Waals surface area contributed by atoms with Crippen LogP contribution < -0.4 is 9.64 Å². The maximum atomic E-state index is 5.31. The van der Waals surface area contributed by atoms with E-state index in [4.69, 9.17) is 9.47 Å². The number of anilines is 1. The largest absolute Gasteiger partial charge is 0.480 e. The molecule has 1 aromatic heterocycles. The highest BCUT2D eigenvalue weighted by molar-refractivity contribution is 9.10. The van der Waals surface area contributed by atoms with Crippen LogP contribution in [0.1, 0.15) is 6.42 Å². The minimum atomic E-state index is 0.276. The molecule has 1 aliphatic rings. The van der Waals surface area contributed by atoms with Crippen molar-refractivity contribution in [1.82, 2.24) is 9.97 Å². The maximum Gasteiger partial charge on any atom is 0.232 e. The van der Waals surface area contributed by atoms with Gasteiger partial charge in [0.1, 0.15) is 0 Å². The Morgan fingerprint density at radius 3 is 2.94 bits per heavy atom. The number of nitrogens with zero attached hydrogens (tertiary/aromatic N) is 3. The molecule has 0 amide bonds. The molecule has 16 heavy (non-hydrogen) atoms. The van der Waals surface area contributed by atoms with Crippen molar-refractivity contribution < 1.29 is 9.47 Å². The second-order valence-electron chi connectivity index (χ2n) is 3.62. The Balaban J connectivity index is 2.15. The summed E-state index contributed by atoms with van der Waals surface area (Å²) in [6.07, 6.45) is 3.00. The second-order valence-corrected chi connectivity index (χ2v) is 4.47. The summed E-state index contributed by atoms with van der Waals surface area (Å²) >= 11 is 3.33. The molecule has 88 valence electrons. The first-order valence-electron chi connectivity index (χ1n) is 5.09. The fourth-order valence-electron chi connectivity index (χ4n) is 1.74. The zero-order chi connectivity index (χ0) is 11.5. The third-order valence-corrected chi connectivity index (χ3v) is 3.20. The van der Waals surface area contributed by atoms with Crippen molar-refractivity contribution in [1.29, 1.82) is 0 Å². The molecule has 0 radical (unpaired) electrons. The van der Waals surface area contributed by atoms with E-state index in [9.17, 15) is 0 Å². The first-order chi connectivity index (χ1) is 7.74. The summed E-state index contributed by atoms with van der Waals surface area (Å²) in [4.78, 5) is 10.7. The van der Waals surface area contributed by atoms with Crippen LogP contribution in [0.2, 0.25) is 0 Å². The molecule has 5 nitrogen and oxygen atoms in total. The van der Waals surface area contributed by atoms with Crippen LogP contribution >= 0.6 is 15.9 Å². The summed E-state index contributed by atoms with van der Waals surface area (Å²) in [6.45, 7) is 1.75. The van der Waals surface area contributed by atoms with Crippen LogP contribution in [0.15, 0.2) is 10.7 Å². The van der Waals surface area contributed by atoms with Crippen molar-refractivity contribution in [3.63, 3.8) is 0 Å². The van der Waals surface area contributed by atoms with E-state index < -0.39 is 0 Å². The molecule has 1 unspecified atom stereocenters. The van der Waals surface area contributed by atoms with E-state index in [2.05, 4.69) is 30.8 Å². The zero-order valence-electron chi connectivity index (χ0n) is 9.31. The highest BCUT2D eigenvalue weighted by atomic mass is 79.9. The van der Waals surface area contributed by atoms with Gasteiger partial charge >= 0.3 is 0 Å². The van der Waals surface area contributed by atoms with Crippen molar-refractivity contribution in [2.24, 2.45) is 0 Å². The standard InChI is InChI=1S/C10H14BrN3O2/c1-15-7-3-4-14(6-7)10-12-5-8(11)9(13-10)16-2/h5,7H,3-4,6H2,1-2H3. The molecule has 0 aromatic carbocycles. The fourth-order valence-corrected chi connectivity index (χ4v) is 2.09. The fraction of sp³-hybridized carbons (Fsp3) is 0.600. The van der Waals surface area contributed by atoms with E-state index in [0.29, 0.717) is 11.8 Å². The minimum Gasteiger partial charge on any atom is -0.480 e. The SMILES string of the molecule is COc1nc(N2CCC(OC)C2)ncc1Br. The van der Waals surface area contributed by atoms with E-state index in [1.54, 1.807) is 20.4 Å². The lowest BCUT2D eigenvalue weighted by Crippen LogP contribution is -2.24. The van der Waals surface area contributed by atoms with Crippen LogP contribution in [0, 0.1) is 0 Å². The highest BCUT2D eigenvalue weighted by Crippen LogP contribution is 2.25. The molecule has 1 aromatic rings. The number of hydrogen-bond acceptors (Lipinski definition) is 5. The number of ether oxygens (including phenoxy) is 2. The van der Waals surface area contributed by atoms with Crippen LogP contribution in [-0.2, 0) is 4.74 Å². The first-order valence-corrected chi connectivity index (χ1v) is 5.88. The number of methoxy groups -OCH3 is 2. The number of rotatable bonds is 3. The van der Waals surface area contributed by atoms with Gasteiger partial charge in [-0.25, -0.2) is 4.98 Å². The lowest BCUT2D eigenvalue weighted by molar-refractivity contribution is 0.121. The van der Waals surface area contributed by atoms with Gasteiger partial charge in [-0.2, -0.15) is 4.98 Å². The van der Waals surface area contributed by atoms with E-state index in [-0.39, 0.29) is 6.10 Å². The van der Waals surface area contributed by atoms with Gasteiger partial charge in [0, 0.05) is 20.2 Å². The quantitative estimate of drug-likeness (QED) is 0.843. The average molecular weight is 288 g/mol. The summed E-state index contributed by atoms with van der Waals surface area (Å²) in [6, 6.07) is 0. The van der Waals surface area contributed by atoms with Gasteiger partial charge in [-0.1, -0.05) is 0 Å². The first kappa shape index (κ1) is 11.6. The lowest BCUT2D eigenvalue weighted by Gasteiger charge is -2.16. The van der Waals surface area contributed by atoms with E-state index in [1.807, 2.05) is 0 Å². The molecular weight excluding hydrogens is 274 g/mol. The molecule has 0 spiro atoms. The second kappa shape index (κ2) is 4.97. The molecule has 2 heterocycles. The van der Waals surface area contributed by atoms with Crippen molar-refractivity contribution in [3.05, 3.63) is 10.7 Å².